The molecule has 3 rings (SSSR count). The lowest BCUT2D eigenvalue weighted by Crippen LogP contribution is -2.26. The Balaban J connectivity index is 1.64. The number of hydrogen-bond donors (Lipinski definition) is 1. The summed E-state index contributed by atoms with van der Waals surface area (Å²) in [6.45, 7) is 0.518. The minimum atomic E-state index is -0.226. The third-order valence-electron chi connectivity index (χ3n) is 3.31. The summed E-state index contributed by atoms with van der Waals surface area (Å²) in [5.74, 6) is 0.560. The second-order valence-electron chi connectivity index (χ2n) is 5.01. The van der Waals surface area contributed by atoms with Crippen molar-refractivity contribution in [3.8, 4) is 11.6 Å². The molecule has 0 spiro atoms. The summed E-state index contributed by atoms with van der Waals surface area (Å²) in [4.78, 5) is 24.5. The fourth-order valence-electron chi connectivity index (χ4n) is 2.13. The van der Waals surface area contributed by atoms with Crippen LogP contribution in [0.15, 0.2) is 67.4 Å². The maximum Gasteiger partial charge on any atom is 0.256 e. The van der Waals surface area contributed by atoms with Crippen LogP contribution in [0.3, 0.4) is 0 Å². The number of hydrogen-bond acceptors (Lipinski definition) is 5. The number of rotatable bonds is 6. The summed E-state index contributed by atoms with van der Waals surface area (Å²) in [5, 5.41) is 2.88. The molecule has 0 aliphatic carbocycles. The molecule has 6 heteroatoms. The predicted molar refractivity (Wildman–Crippen MR) is 88.8 cm³/mol. The summed E-state index contributed by atoms with van der Waals surface area (Å²) in [7, 11) is 0. The van der Waals surface area contributed by atoms with Crippen molar-refractivity contribution < 1.29 is 9.53 Å². The number of ether oxygens (including phenoxy) is 1. The Morgan fingerprint density at radius 2 is 1.83 bits per heavy atom. The molecule has 0 atom stereocenters. The van der Waals surface area contributed by atoms with E-state index in [1.165, 1.54) is 0 Å². The molecular formula is C18H16N4O2. The van der Waals surface area contributed by atoms with Gasteiger partial charge in [0.2, 0.25) is 5.88 Å². The number of aromatic nitrogens is 3. The molecule has 3 aromatic rings. The molecule has 0 bridgehead atoms. The first-order valence-electron chi connectivity index (χ1n) is 7.53. The molecule has 120 valence electrons. The maximum atomic E-state index is 12.4. The molecule has 0 aromatic carbocycles. The quantitative estimate of drug-likeness (QED) is 0.755. The third-order valence-corrected chi connectivity index (χ3v) is 3.31. The number of carbonyl (C=O) groups excluding carboxylic acids is 1. The number of nitrogens with one attached hydrogen (secondary N) is 1. The number of nitrogens with zero attached hydrogens (tertiary/aromatic N) is 3. The van der Waals surface area contributed by atoms with Crippen LogP contribution >= 0.6 is 0 Å². The largest absolute Gasteiger partial charge is 0.437 e. The van der Waals surface area contributed by atoms with Gasteiger partial charge in [0.15, 0.2) is 0 Å². The fraction of sp³-hybridized carbons (Fsp3) is 0.111. The van der Waals surface area contributed by atoms with Crippen LogP contribution in [0, 0.1) is 0 Å². The summed E-state index contributed by atoms with van der Waals surface area (Å²) in [6.07, 6.45) is 9.00. The zero-order chi connectivity index (χ0) is 16.6. The van der Waals surface area contributed by atoms with Crippen molar-refractivity contribution in [3.05, 3.63) is 78.5 Å². The molecule has 3 heterocycles. The Hall–Kier alpha value is -3.28. The second kappa shape index (κ2) is 7.82. The van der Waals surface area contributed by atoms with E-state index in [1.54, 1.807) is 55.2 Å². The molecule has 0 radical (unpaired) electrons. The van der Waals surface area contributed by atoms with E-state index in [2.05, 4.69) is 20.3 Å². The first-order valence-corrected chi connectivity index (χ1v) is 7.53. The molecule has 0 aliphatic heterocycles. The van der Waals surface area contributed by atoms with Gasteiger partial charge in [0.1, 0.15) is 11.3 Å². The van der Waals surface area contributed by atoms with Crippen molar-refractivity contribution in [3.63, 3.8) is 0 Å². The molecule has 1 amide bonds. The zero-order valence-electron chi connectivity index (χ0n) is 12.9. The predicted octanol–water partition coefficient (Wildman–Crippen LogP) is 2.64. The van der Waals surface area contributed by atoms with Gasteiger partial charge in [-0.3, -0.25) is 14.8 Å². The van der Waals surface area contributed by atoms with Gasteiger partial charge in [-0.15, -0.1) is 0 Å². The average Bonchev–Trinajstić information content (AvgIpc) is 2.64. The molecule has 6 nitrogen and oxygen atoms in total. The van der Waals surface area contributed by atoms with Crippen LogP contribution in [-0.4, -0.2) is 27.4 Å². The van der Waals surface area contributed by atoms with Gasteiger partial charge in [0.25, 0.3) is 5.91 Å². The highest BCUT2D eigenvalue weighted by Gasteiger charge is 2.13. The summed E-state index contributed by atoms with van der Waals surface area (Å²) < 4.78 is 5.65. The monoisotopic (exact) mass is 320 g/mol. The van der Waals surface area contributed by atoms with Crippen molar-refractivity contribution >= 4 is 5.91 Å². The van der Waals surface area contributed by atoms with Crippen LogP contribution in [0.25, 0.3) is 0 Å². The van der Waals surface area contributed by atoms with Gasteiger partial charge in [-0.2, -0.15) is 0 Å². The lowest BCUT2D eigenvalue weighted by atomic mass is 10.2. The minimum Gasteiger partial charge on any atom is -0.437 e. The molecule has 24 heavy (non-hydrogen) atoms. The smallest absolute Gasteiger partial charge is 0.256 e. The van der Waals surface area contributed by atoms with E-state index >= 15 is 0 Å². The van der Waals surface area contributed by atoms with Gasteiger partial charge in [0.05, 0.1) is 6.20 Å². The Kier molecular flexibility index (Phi) is 5.09. The van der Waals surface area contributed by atoms with Crippen molar-refractivity contribution in [2.75, 3.05) is 6.54 Å². The molecule has 1 N–H and O–H groups in total. The minimum absolute atomic E-state index is 0.226. The van der Waals surface area contributed by atoms with Gasteiger partial charge in [-0.1, -0.05) is 0 Å². The number of carbonyl (C=O) groups is 1. The first kappa shape index (κ1) is 15.6. The van der Waals surface area contributed by atoms with Crippen LogP contribution in [0.4, 0.5) is 0 Å². The fourth-order valence-corrected chi connectivity index (χ4v) is 2.13. The van der Waals surface area contributed by atoms with Crippen molar-refractivity contribution in [2.24, 2.45) is 0 Å². The van der Waals surface area contributed by atoms with Crippen LogP contribution < -0.4 is 10.1 Å². The highest BCUT2D eigenvalue weighted by Crippen LogP contribution is 2.21. The van der Waals surface area contributed by atoms with E-state index in [-0.39, 0.29) is 11.8 Å². The molecular weight excluding hydrogens is 304 g/mol. The molecule has 0 saturated heterocycles. The first-order chi connectivity index (χ1) is 11.8. The van der Waals surface area contributed by atoms with E-state index in [0.717, 1.165) is 12.0 Å². The van der Waals surface area contributed by atoms with E-state index < -0.39 is 0 Å². The second-order valence-corrected chi connectivity index (χ2v) is 5.01. The van der Waals surface area contributed by atoms with E-state index in [1.807, 2.05) is 12.1 Å². The maximum absolute atomic E-state index is 12.4. The van der Waals surface area contributed by atoms with Gasteiger partial charge < -0.3 is 10.1 Å². The SMILES string of the molecule is O=C(NCCc1ccncc1)c1cccnc1Oc1cccnc1. The zero-order valence-corrected chi connectivity index (χ0v) is 12.9. The summed E-state index contributed by atoms with van der Waals surface area (Å²) in [5.41, 5.74) is 1.50. The lowest BCUT2D eigenvalue weighted by Gasteiger charge is -2.10. The van der Waals surface area contributed by atoms with Crippen molar-refractivity contribution in [2.45, 2.75) is 6.42 Å². The summed E-state index contributed by atoms with van der Waals surface area (Å²) in [6, 6.07) is 10.7. The normalized spacial score (nSPS) is 10.2. The number of amides is 1. The Labute approximate surface area is 139 Å². The Morgan fingerprint density at radius 3 is 2.62 bits per heavy atom. The van der Waals surface area contributed by atoms with Gasteiger partial charge >= 0.3 is 0 Å². The Bertz CT molecular complexity index is 794. The van der Waals surface area contributed by atoms with Crippen LogP contribution in [0.1, 0.15) is 15.9 Å². The van der Waals surface area contributed by atoms with Gasteiger partial charge in [-0.25, -0.2) is 4.98 Å². The average molecular weight is 320 g/mol. The highest BCUT2D eigenvalue weighted by atomic mass is 16.5. The number of pyridine rings is 3. The molecule has 0 unspecified atom stereocenters. The van der Waals surface area contributed by atoms with Gasteiger partial charge in [-0.05, 0) is 48.4 Å². The molecule has 0 fully saturated rings. The standard InChI is InChI=1S/C18H16N4O2/c23-17(21-12-7-14-5-10-19-11-6-14)16-4-2-9-22-18(16)24-15-3-1-8-20-13-15/h1-6,8-11,13H,7,12H2,(H,21,23). The molecule has 0 saturated carbocycles. The van der Waals surface area contributed by atoms with E-state index in [0.29, 0.717) is 17.9 Å². The molecule has 3 aromatic heterocycles. The van der Waals surface area contributed by atoms with Crippen LogP contribution in [0.2, 0.25) is 0 Å². The van der Waals surface area contributed by atoms with Crippen LogP contribution in [-0.2, 0) is 6.42 Å². The lowest BCUT2D eigenvalue weighted by molar-refractivity contribution is 0.0951. The van der Waals surface area contributed by atoms with E-state index in [9.17, 15) is 4.79 Å². The van der Waals surface area contributed by atoms with E-state index in [4.69, 9.17) is 4.74 Å². The molecule has 0 aliphatic rings. The van der Waals surface area contributed by atoms with Crippen molar-refractivity contribution in [1.82, 2.24) is 20.3 Å². The summed E-state index contributed by atoms with van der Waals surface area (Å²) >= 11 is 0. The van der Waals surface area contributed by atoms with Crippen LogP contribution in [0.5, 0.6) is 11.6 Å². The highest BCUT2D eigenvalue weighted by molar-refractivity contribution is 5.96. The third kappa shape index (κ3) is 4.13. The van der Waals surface area contributed by atoms with Crippen molar-refractivity contribution in [1.29, 1.82) is 0 Å². The van der Waals surface area contributed by atoms with Gasteiger partial charge in [0, 0.05) is 31.3 Å². The topological polar surface area (TPSA) is 77.0 Å². The Morgan fingerprint density at radius 1 is 1.00 bits per heavy atom.